The van der Waals surface area contributed by atoms with E-state index in [-0.39, 0.29) is 25.1 Å². The van der Waals surface area contributed by atoms with Gasteiger partial charge in [-0.05, 0) is 23.8 Å². The zero-order valence-corrected chi connectivity index (χ0v) is 17.0. The van der Waals surface area contributed by atoms with Crippen molar-refractivity contribution < 1.29 is 18.8 Å². The Balaban J connectivity index is 1.50. The topological polar surface area (TPSA) is 109 Å². The highest BCUT2D eigenvalue weighted by Gasteiger charge is 2.40. The number of benzene rings is 2. The van der Waals surface area contributed by atoms with E-state index in [0.29, 0.717) is 0 Å². The number of nitrogens with zero attached hydrogens (tertiary/aromatic N) is 3. The molecule has 3 aromatic rings. The minimum atomic E-state index is -0.810. The number of aromatic nitrogens is 1. The molecule has 2 heterocycles. The van der Waals surface area contributed by atoms with E-state index in [2.05, 4.69) is 10.3 Å². The summed E-state index contributed by atoms with van der Waals surface area (Å²) >= 11 is 0. The molecule has 1 atom stereocenters. The molecule has 4 rings (SSSR count). The fourth-order valence-corrected chi connectivity index (χ4v) is 3.82. The first kappa shape index (κ1) is 21.1. The van der Waals surface area contributed by atoms with Crippen molar-refractivity contribution in [2.24, 2.45) is 0 Å². The molecule has 8 nitrogen and oxygen atoms in total. The number of nitrogens with one attached hydrogen (secondary N) is 2. The van der Waals surface area contributed by atoms with Gasteiger partial charge in [0.05, 0.1) is 18.2 Å². The first-order valence-electron chi connectivity index (χ1n) is 10.1. The van der Waals surface area contributed by atoms with Crippen molar-refractivity contribution in [3.8, 4) is 6.07 Å². The van der Waals surface area contributed by atoms with Crippen LogP contribution in [0.25, 0.3) is 10.9 Å². The minimum absolute atomic E-state index is 0.00449. The molecule has 32 heavy (non-hydrogen) atoms. The number of para-hydroxylation sites is 2. The zero-order chi connectivity index (χ0) is 22.7. The number of amides is 4. The van der Waals surface area contributed by atoms with E-state index in [9.17, 15) is 18.8 Å². The van der Waals surface area contributed by atoms with Crippen LogP contribution in [0.1, 0.15) is 12.0 Å². The summed E-state index contributed by atoms with van der Waals surface area (Å²) in [7, 11) is 0. The van der Waals surface area contributed by atoms with E-state index in [4.69, 9.17) is 5.26 Å². The van der Waals surface area contributed by atoms with Crippen LogP contribution < -0.4 is 10.2 Å². The predicted octanol–water partition coefficient (Wildman–Crippen LogP) is 2.72. The Hall–Kier alpha value is -4.19. The fourth-order valence-electron chi connectivity index (χ4n) is 3.82. The van der Waals surface area contributed by atoms with Crippen LogP contribution in [0.15, 0.2) is 54.7 Å². The third kappa shape index (κ3) is 4.03. The lowest BCUT2D eigenvalue weighted by Crippen LogP contribution is -2.44. The van der Waals surface area contributed by atoms with Gasteiger partial charge in [-0.1, -0.05) is 30.3 Å². The van der Waals surface area contributed by atoms with E-state index < -0.39 is 36.2 Å². The van der Waals surface area contributed by atoms with E-state index >= 15 is 0 Å². The molecule has 1 aliphatic heterocycles. The number of urea groups is 1. The highest BCUT2D eigenvalue weighted by molar-refractivity contribution is 6.08. The Kier molecular flexibility index (Phi) is 5.85. The number of halogens is 1. The first-order chi connectivity index (χ1) is 15.5. The monoisotopic (exact) mass is 433 g/mol. The third-order valence-corrected chi connectivity index (χ3v) is 5.39. The lowest BCUT2D eigenvalue weighted by molar-refractivity contribution is -0.131. The molecule has 0 aliphatic carbocycles. The molecular weight excluding hydrogens is 413 g/mol. The van der Waals surface area contributed by atoms with Gasteiger partial charge < -0.3 is 15.2 Å². The van der Waals surface area contributed by atoms with E-state index in [0.717, 1.165) is 26.3 Å². The average molecular weight is 433 g/mol. The number of aromatic amines is 1. The van der Waals surface area contributed by atoms with Crippen molar-refractivity contribution in [3.05, 3.63) is 66.1 Å². The van der Waals surface area contributed by atoms with Crippen LogP contribution in [0.5, 0.6) is 0 Å². The number of fused-ring (bicyclic) bond motifs is 1. The van der Waals surface area contributed by atoms with Crippen molar-refractivity contribution in [2.75, 3.05) is 18.0 Å². The summed E-state index contributed by atoms with van der Waals surface area (Å²) in [6, 6.07) is 13.7. The number of H-pyrrole nitrogens is 1. The van der Waals surface area contributed by atoms with Crippen molar-refractivity contribution in [1.29, 1.82) is 5.26 Å². The summed E-state index contributed by atoms with van der Waals surface area (Å²) < 4.78 is 14.3. The number of rotatable bonds is 7. The maximum Gasteiger partial charge on any atom is 0.325 e. The molecular formula is C23H20FN5O3. The molecule has 9 heteroatoms. The van der Waals surface area contributed by atoms with Crippen LogP contribution >= 0.6 is 0 Å². The van der Waals surface area contributed by atoms with Crippen LogP contribution in [-0.2, 0) is 16.0 Å². The largest absolute Gasteiger partial charge is 0.361 e. The van der Waals surface area contributed by atoms with Gasteiger partial charge in [-0.2, -0.15) is 5.26 Å². The van der Waals surface area contributed by atoms with Crippen LogP contribution in [0.3, 0.4) is 0 Å². The highest BCUT2D eigenvalue weighted by Crippen LogP contribution is 2.22. The lowest BCUT2D eigenvalue weighted by atomic mass is 10.1. The number of carbonyl (C=O) groups is 3. The van der Waals surface area contributed by atoms with Crippen molar-refractivity contribution >= 4 is 34.4 Å². The predicted molar refractivity (Wildman–Crippen MR) is 115 cm³/mol. The molecule has 2 N–H and O–H groups in total. The van der Waals surface area contributed by atoms with Crippen LogP contribution in [0, 0.1) is 17.1 Å². The zero-order valence-electron chi connectivity index (χ0n) is 17.0. The first-order valence-corrected chi connectivity index (χ1v) is 10.1. The van der Waals surface area contributed by atoms with Gasteiger partial charge in [0.25, 0.3) is 5.91 Å². The quantitative estimate of drug-likeness (QED) is 0.559. The van der Waals surface area contributed by atoms with Gasteiger partial charge in [0, 0.05) is 30.1 Å². The molecule has 0 spiro atoms. The molecule has 1 fully saturated rings. The molecule has 1 aliphatic rings. The maximum absolute atomic E-state index is 14.3. The van der Waals surface area contributed by atoms with Crippen molar-refractivity contribution in [1.82, 2.24) is 15.2 Å². The summed E-state index contributed by atoms with van der Waals surface area (Å²) in [5, 5.41) is 12.5. The molecule has 2 aromatic carbocycles. The van der Waals surface area contributed by atoms with Crippen molar-refractivity contribution in [2.45, 2.75) is 18.9 Å². The molecule has 0 bridgehead atoms. The Labute approximate surface area is 183 Å². The van der Waals surface area contributed by atoms with Gasteiger partial charge in [0.2, 0.25) is 5.91 Å². The molecule has 1 aromatic heterocycles. The fraction of sp³-hybridized carbons (Fsp3) is 0.217. The molecule has 4 amide bonds. The van der Waals surface area contributed by atoms with Crippen LogP contribution in [0.4, 0.5) is 14.9 Å². The second kappa shape index (κ2) is 8.89. The smallest absolute Gasteiger partial charge is 0.325 e. The summed E-state index contributed by atoms with van der Waals surface area (Å²) in [6.07, 6.45) is 2.04. The molecule has 162 valence electrons. The summed E-state index contributed by atoms with van der Waals surface area (Å²) in [5.41, 5.74) is 1.79. The van der Waals surface area contributed by atoms with Gasteiger partial charge in [0.1, 0.15) is 18.4 Å². The summed E-state index contributed by atoms with van der Waals surface area (Å²) in [6.45, 7) is -0.604. The van der Waals surface area contributed by atoms with Gasteiger partial charge in [-0.15, -0.1) is 0 Å². The lowest BCUT2D eigenvalue weighted by Gasteiger charge is -2.24. The van der Waals surface area contributed by atoms with E-state index in [1.165, 1.54) is 18.2 Å². The van der Waals surface area contributed by atoms with Crippen LogP contribution in [0.2, 0.25) is 0 Å². The number of anilines is 1. The number of carbonyl (C=O) groups excluding carboxylic acids is 3. The summed E-state index contributed by atoms with van der Waals surface area (Å²) in [5.74, 6) is -1.81. The maximum atomic E-state index is 14.3. The number of nitriles is 1. The number of imide groups is 1. The number of hydrogen-bond acceptors (Lipinski definition) is 4. The number of hydrogen-bond donors (Lipinski definition) is 2. The molecule has 0 radical (unpaired) electrons. The standard InChI is InChI=1S/C23H20FN5O3/c24-17-7-2-4-9-20(17)28(11-5-10-25)21(30)14-29-22(31)19(27-23(29)32)12-15-13-26-18-8-3-1-6-16(15)18/h1-4,6-9,13,19,26H,5,11-12,14H2,(H,27,32). The Morgan fingerprint density at radius 3 is 2.69 bits per heavy atom. The Bertz CT molecular complexity index is 1230. The Morgan fingerprint density at radius 2 is 1.91 bits per heavy atom. The average Bonchev–Trinajstić information content (AvgIpc) is 3.31. The Morgan fingerprint density at radius 1 is 1.16 bits per heavy atom. The SMILES string of the molecule is N#CCCN(C(=O)CN1C(=O)NC(Cc2c[nH]c3ccccc23)C1=O)c1ccccc1F. The second-order valence-electron chi connectivity index (χ2n) is 7.39. The van der Waals surface area contributed by atoms with Gasteiger partial charge >= 0.3 is 6.03 Å². The molecule has 1 saturated heterocycles. The molecule has 1 unspecified atom stereocenters. The van der Waals surface area contributed by atoms with E-state index in [1.54, 1.807) is 12.3 Å². The van der Waals surface area contributed by atoms with Crippen LogP contribution in [-0.4, -0.2) is 46.9 Å². The molecule has 0 saturated carbocycles. The second-order valence-corrected chi connectivity index (χ2v) is 7.39. The normalized spacial score (nSPS) is 15.6. The minimum Gasteiger partial charge on any atom is -0.361 e. The van der Waals surface area contributed by atoms with Gasteiger partial charge in [-0.3, -0.25) is 14.5 Å². The van der Waals surface area contributed by atoms with Gasteiger partial charge in [-0.25, -0.2) is 9.18 Å². The summed E-state index contributed by atoms with van der Waals surface area (Å²) in [4.78, 5) is 43.3. The van der Waals surface area contributed by atoms with Gasteiger partial charge in [0.15, 0.2) is 0 Å². The third-order valence-electron chi connectivity index (χ3n) is 5.39. The highest BCUT2D eigenvalue weighted by atomic mass is 19.1. The van der Waals surface area contributed by atoms with Crippen molar-refractivity contribution in [3.63, 3.8) is 0 Å². The van der Waals surface area contributed by atoms with E-state index in [1.807, 2.05) is 30.3 Å².